The van der Waals surface area contributed by atoms with E-state index in [4.69, 9.17) is 14.5 Å². The Morgan fingerprint density at radius 1 is 1.19 bits per heavy atom. The molecule has 1 fully saturated rings. The van der Waals surface area contributed by atoms with Crippen LogP contribution in [0.2, 0.25) is 0 Å². The highest BCUT2D eigenvalue weighted by atomic mass is 16.6. The van der Waals surface area contributed by atoms with Gasteiger partial charge in [0.1, 0.15) is 17.1 Å². The Labute approximate surface area is 188 Å². The average Bonchev–Trinajstić information content (AvgIpc) is 3.41. The monoisotopic (exact) mass is 440 g/mol. The molecule has 4 rings (SSSR count). The molecule has 1 atom stereocenters. The summed E-state index contributed by atoms with van der Waals surface area (Å²) in [6.07, 6.45) is 2.30. The van der Waals surface area contributed by atoms with Crippen molar-refractivity contribution in [2.24, 2.45) is 0 Å². The van der Waals surface area contributed by atoms with Crippen molar-refractivity contribution >= 4 is 17.6 Å². The zero-order valence-electron chi connectivity index (χ0n) is 19.6. The van der Waals surface area contributed by atoms with Crippen LogP contribution in [0.5, 0.6) is 5.88 Å². The van der Waals surface area contributed by atoms with Crippen LogP contribution in [0.15, 0.2) is 36.5 Å². The number of nitrogens with zero attached hydrogens (tertiary/aromatic N) is 5. The Bertz CT molecular complexity index is 1060. The smallest absolute Gasteiger partial charge is 0.410 e. The second-order valence-electron chi connectivity index (χ2n) is 8.25. The molecule has 4 heterocycles. The summed E-state index contributed by atoms with van der Waals surface area (Å²) in [4.78, 5) is 23.1. The molecule has 1 N–H and O–H groups in total. The lowest BCUT2D eigenvalue weighted by Gasteiger charge is -2.24. The molecule has 32 heavy (non-hydrogen) atoms. The van der Waals surface area contributed by atoms with Crippen LogP contribution >= 0.6 is 0 Å². The summed E-state index contributed by atoms with van der Waals surface area (Å²) in [6, 6.07) is 9.50. The lowest BCUT2D eigenvalue weighted by atomic mass is 10.2. The van der Waals surface area contributed by atoms with E-state index < -0.39 is 5.60 Å². The number of hydrogen-bond donors (Lipinski definition) is 1. The fourth-order valence-corrected chi connectivity index (χ4v) is 3.38. The summed E-state index contributed by atoms with van der Waals surface area (Å²) < 4.78 is 12.4. The van der Waals surface area contributed by atoms with Gasteiger partial charge in [0.05, 0.1) is 19.0 Å². The lowest BCUT2D eigenvalue weighted by molar-refractivity contribution is 0.0293. The minimum atomic E-state index is -0.497. The van der Waals surface area contributed by atoms with Crippen molar-refractivity contribution in [3.05, 3.63) is 36.5 Å². The number of carbonyl (C=O) groups excluding carboxylic acids is 1. The van der Waals surface area contributed by atoms with Gasteiger partial charge in [0, 0.05) is 25.2 Å². The molecule has 9 nitrogen and oxygen atoms in total. The number of ether oxygens (including phenoxy) is 2. The van der Waals surface area contributed by atoms with Gasteiger partial charge in [0.15, 0.2) is 5.65 Å². The van der Waals surface area contributed by atoms with Gasteiger partial charge in [-0.1, -0.05) is 19.9 Å². The van der Waals surface area contributed by atoms with Gasteiger partial charge >= 0.3 is 6.09 Å². The lowest BCUT2D eigenvalue weighted by Crippen LogP contribution is -2.36. The topological polar surface area (TPSA) is 93.9 Å². The Morgan fingerprint density at radius 3 is 2.69 bits per heavy atom. The van der Waals surface area contributed by atoms with Crippen molar-refractivity contribution in [2.45, 2.75) is 52.7 Å². The highest BCUT2D eigenvalue weighted by molar-refractivity contribution is 5.68. The number of likely N-dealkylation sites (tertiary alicyclic amines) is 1. The Balaban J connectivity index is 0.00000141. The third-order valence-corrected chi connectivity index (χ3v) is 4.75. The maximum Gasteiger partial charge on any atom is 0.410 e. The predicted octanol–water partition coefficient (Wildman–Crippen LogP) is 4.25. The number of amides is 1. The highest BCUT2D eigenvalue weighted by Crippen LogP contribution is 2.23. The minimum absolute atomic E-state index is 0.112. The van der Waals surface area contributed by atoms with Gasteiger partial charge in [-0.2, -0.15) is 0 Å². The van der Waals surface area contributed by atoms with Crippen LogP contribution in [0.4, 0.5) is 10.6 Å². The first-order chi connectivity index (χ1) is 15.3. The number of rotatable bonds is 4. The molecule has 0 saturated carbocycles. The van der Waals surface area contributed by atoms with Crippen molar-refractivity contribution in [1.29, 1.82) is 0 Å². The molecule has 0 aromatic carbocycles. The van der Waals surface area contributed by atoms with Gasteiger partial charge in [-0.15, -0.1) is 5.10 Å². The largest absolute Gasteiger partial charge is 0.480 e. The highest BCUT2D eigenvalue weighted by Gasteiger charge is 2.29. The molecule has 0 spiro atoms. The quantitative estimate of drug-likeness (QED) is 0.648. The number of pyridine rings is 1. The molecule has 0 aliphatic carbocycles. The second-order valence-corrected chi connectivity index (χ2v) is 8.25. The Hall–Kier alpha value is -3.36. The van der Waals surface area contributed by atoms with Crippen molar-refractivity contribution in [1.82, 2.24) is 24.5 Å². The Kier molecular flexibility index (Phi) is 7.17. The van der Waals surface area contributed by atoms with Crippen LogP contribution in [0.1, 0.15) is 41.0 Å². The van der Waals surface area contributed by atoms with Crippen LogP contribution in [0.3, 0.4) is 0 Å². The zero-order chi connectivity index (χ0) is 23.3. The van der Waals surface area contributed by atoms with Crippen LogP contribution in [-0.2, 0) is 4.74 Å². The van der Waals surface area contributed by atoms with Crippen molar-refractivity contribution in [3.8, 4) is 17.3 Å². The number of fused-ring (bicyclic) bond motifs is 1. The Morgan fingerprint density at radius 2 is 1.97 bits per heavy atom. The van der Waals surface area contributed by atoms with Gasteiger partial charge in [-0.05, 0) is 45.4 Å². The van der Waals surface area contributed by atoms with E-state index >= 15 is 0 Å². The van der Waals surface area contributed by atoms with E-state index in [9.17, 15) is 4.79 Å². The van der Waals surface area contributed by atoms with E-state index in [1.165, 1.54) is 0 Å². The van der Waals surface area contributed by atoms with Gasteiger partial charge in [-0.3, -0.25) is 0 Å². The first-order valence-electron chi connectivity index (χ1n) is 10.9. The van der Waals surface area contributed by atoms with Crippen LogP contribution < -0.4 is 10.1 Å². The normalized spacial score (nSPS) is 15.8. The number of anilines is 1. The molecule has 1 aliphatic heterocycles. The summed E-state index contributed by atoms with van der Waals surface area (Å²) in [6.45, 7) is 10.8. The molecule has 9 heteroatoms. The maximum atomic E-state index is 12.3. The number of nitrogens with one attached hydrogen (secondary N) is 1. The number of aromatic nitrogens is 4. The molecule has 1 saturated heterocycles. The van der Waals surface area contributed by atoms with E-state index in [2.05, 4.69) is 15.4 Å². The van der Waals surface area contributed by atoms with Crippen LogP contribution in [-0.4, -0.2) is 62.4 Å². The summed E-state index contributed by atoms with van der Waals surface area (Å²) in [5.74, 6) is 1.24. The standard InChI is InChI=1S/C21H26N6O3.C2H6/c1-21(2,3)30-20(28)26-11-10-14(13-26)23-17-7-5-6-15(24-17)16-12-22-18-8-9-19(29-4)25-27(16)18;1-2/h5-9,12,14H,10-11,13H2,1-4H3,(H,23,24);1-2H3. The third-order valence-electron chi connectivity index (χ3n) is 4.75. The molecule has 0 bridgehead atoms. The predicted molar refractivity (Wildman–Crippen MR) is 124 cm³/mol. The summed E-state index contributed by atoms with van der Waals surface area (Å²) in [5, 5.41) is 7.86. The molecular weight excluding hydrogens is 408 g/mol. The van der Waals surface area contributed by atoms with Gasteiger partial charge in [0.2, 0.25) is 5.88 Å². The van der Waals surface area contributed by atoms with Crippen LogP contribution in [0.25, 0.3) is 17.0 Å². The molecule has 1 unspecified atom stereocenters. The van der Waals surface area contributed by atoms with Crippen molar-refractivity contribution in [3.63, 3.8) is 0 Å². The molecule has 1 aliphatic rings. The van der Waals surface area contributed by atoms with E-state index in [1.54, 1.807) is 28.8 Å². The summed E-state index contributed by atoms with van der Waals surface area (Å²) >= 11 is 0. The third kappa shape index (κ3) is 5.46. The zero-order valence-corrected chi connectivity index (χ0v) is 19.6. The number of methoxy groups -OCH3 is 1. The fraction of sp³-hybridized carbons (Fsp3) is 0.478. The maximum absolute atomic E-state index is 12.3. The van der Waals surface area contributed by atoms with Gasteiger partial charge in [0.25, 0.3) is 0 Å². The summed E-state index contributed by atoms with van der Waals surface area (Å²) in [5.41, 5.74) is 1.74. The van der Waals surface area contributed by atoms with Gasteiger partial charge in [-0.25, -0.2) is 19.3 Å². The summed E-state index contributed by atoms with van der Waals surface area (Å²) in [7, 11) is 1.58. The molecule has 3 aromatic heterocycles. The van der Waals surface area contributed by atoms with Crippen molar-refractivity contribution in [2.75, 3.05) is 25.5 Å². The number of carbonyl (C=O) groups is 1. The first kappa shape index (κ1) is 23.3. The van der Waals surface area contributed by atoms with E-state index in [0.717, 1.165) is 29.3 Å². The second kappa shape index (κ2) is 9.84. The number of imidazole rings is 1. The number of hydrogen-bond acceptors (Lipinski definition) is 7. The average molecular weight is 441 g/mol. The molecule has 172 valence electrons. The van der Waals surface area contributed by atoms with E-state index in [0.29, 0.717) is 19.0 Å². The minimum Gasteiger partial charge on any atom is -0.480 e. The van der Waals surface area contributed by atoms with Gasteiger partial charge < -0.3 is 19.7 Å². The van der Waals surface area contributed by atoms with E-state index in [1.807, 2.05) is 58.9 Å². The first-order valence-corrected chi connectivity index (χ1v) is 10.9. The molecule has 1 amide bonds. The molecule has 3 aromatic rings. The SMILES string of the molecule is CC.COc1ccc2ncc(-c3cccc(NC4CCN(C(=O)OC(C)(C)C)C4)n3)n2n1. The van der Waals surface area contributed by atoms with Crippen molar-refractivity contribution < 1.29 is 14.3 Å². The fourth-order valence-electron chi connectivity index (χ4n) is 3.38. The molecule has 0 radical (unpaired) electrons. The van der Waals surface area contributed by atoms with Crippen LogP contribution in [0, 0.1) is 0 Å². The van der Waals surface area contributed by atoms with E-state index in [-0.39, 0.29) is 12.1 Å². The molecular formula is C23H32N6O3.